The van der Waals surface area contributed by atoms with Gasteiger partial charge in [0.1, 0.15) is 5.75 Å². The number of benzene rings is 1. The molecule has 1 rings (SSSR count). The largest absolute Gasteiger partial charge is 0.496 e. The molecule has 0 bridgehead atoms. The maximum atomic E-state index is 12.6. The zero-order valence-corrected chi connectivity index (χ0v) is 10.5. The van der Waals surface area contributed by atoms with Gasteiger partial charge in [-0.25, -0.2) is 0 Å². The predicted molar refractivity (Wildman–Crippen MR) is 63.7 cm³/mol. The van der Waals surface area contributed by atoms with Crippen LogP contribution in [0.5, 0.6) is 5.75 Å². The minimum atomic E-state index is -4.46. The van der Waals surface area contributed by atoms with Crippen molar-refractivity contribution in [3.63, 3.8) is 0 Å². The summed E-state index contributed by atoms with van der Waals surface area (Å²) in [4.78, 5) is 10.9. The monoisotopic (exact) mass is 274 g/mol. The van der Waals surface area contributed by atoms with E-state index < -0.39 is 17.7 Å². The van der Waals surface area contributed by atoms with Gasteiger partial charge in [-0.15, -0.1) is 0 Å². The third-order valence-electron chi connectivity index (χ3n) is 2.35. The standard InChI is InChI=1S/C13H13F3O3/c1-18-11-8-9(4-3-5-12(17)19-2)6-7-10(11)13(14,15)16/h3-4,6-8H,5H2,1-2H3. The first kappa shape index (κ1) is 15.1. The second kappa shape index (κ2) is 6.26. The third-order valence-corrected chi connectivity index (χ3v) is 2.35. The lowest BCUT2D eigenvalue weighted by Gasteiger charge is -2.12. The van der Waals surface area contributed by atoms with Crippen molar-refractivity contribution in [2.45, 2.75) is 12.6 Å². The van der Waals surface area contributed by atoms with Crippen LogP contribution in [0.1, 0.15) is 17.5 Å². The molecule has 0 radical (unpaired) electrons. The Hall–Kier alpha value is -1.98. The van der Waals surface area contributed by atoms with Gasteiger partial charge in [0.2, 0.25) is 0 Å². The topological polar surface area (TPSA) is 35.5 Å². The maximum absolute atomic E-state index is 12.6. The Morgan fingerprint density at radius 2 is 2.00 bits per heavy atom. The van der Waals surface area contributed by atoms with Gasteiger partial charge in [-0.05, 0) is 17.7 Å². The Bertz CT molecular complexity index is 479. The van der Waals surface area contributed by atoms with Crippen LogP contribution in [-0.4, -0.2) is 20.2 Å². The molecule has 0 saturated carbocycles. The number of ether oxygens (including phenoxy) is 2. The average molecular weight is 274 g/mol. The average Bonchev–Trinajstić information content (AvgIpc) is 2.37. The van der Waals surface area contributed by atoms with E-state index in [9.17, 15) is 18.0 Å². The van der Waals surface area contributed by atoms with Gasteiger partial charge in [0.05, 0.1) is 26.2 Å². The highest BCUT2D eigenvalue weighted by Crippen LogP contribution is 2.36. The Kier molecular flexibility index (Phi) is 4.97. The summed E-state index contributed by atoms with van der Waals surface area (Å²) in [5, 5.41) is 0. The number of hydrogen-bond acceptors (Lipinski definition) is 3. The molecule has 1 aromatic carbocycles. The van der Waals surface area contributed by atoms with Crippen molar-refractivity contribution in [1.82, 2.24) is 0 Å². The fraction of sp³-hybridized carbons (Fsp3) is 0.308. The van der Waals surface area contributed by atoms with E-state index in [1.807, 2.05) is 0 Å². The number of carbonyl (C=O) groups is 1. The lowest BCUT2D eigenvalue weighted by Crippen LogP contribution is -2.07. The maximum Gasteiger partial charge on any atom is 0.419 e. The zero-order chi connectivity index (χ0) is 14.5. The zero-order valence-electron chi connectivity index (χ0n) is 10.5. The van der Waals surface area contributed by atoms with Crippen LogP contribution in [0.3, 0.4) is 0 Å². The van der Waals surface area contributed by atoms with Gasteiger partial charge >= 0.3 is 12.1 Å². The van der Waals surface area contributed by atoms with E-state index >= 15 is 0 Å². The molecule has 0 fully saturated rings. The minimum Gasteiger partial charge on any atom is -0.496 e. The van der Waals surface area contributed by atoms with Crippen molar-refractivity contribution in [2.24, 2.45) is 0 Å². The fourth-order valence-electron chi connectivity index (χ4n) is 1.42. The van der Waals surface area contributed by atoms with Gasteiger partial charge in [0, 0.05) is 0 Å². The van der Waals surface area contributed by atoms with E-state index in [1.165, 1.54) is 38.5 Å². The van der Waals surface area contributed by atoms with Crippen LogP contribution in [0.4, 0.5) is 13.2 Å². The summed E-state index contributed by atoms with van der Waals surface area (Å²) in [7, 11) is 2.43. The summed E-state index contributed by atoms with van der Waals surface area (Å²) in [6, 6.07) is 3.51. The first-order chi connectivity index (χ1) is 8.88. The SMILES string of the molecule is COC(=O)CC=Cc1ccc(C(F)(F)F)c(OC)c1. The van der Waals surface area contributed by atoms with Crippen LogP contribution in [0.2, 0.25) is 0 Å². The highest BCUT2D eigenvalue weighted by molar-refractivity contribution is 5.72. The number of methoxy groups -OCH3 is 2. The number of halogens is 3. The van der Waals surface area contributed by atoms with E-state index in [1.54, 1.807) is 0 Å². The second-order valence-corrected chi connectivity index (χ2v) is 3.64. The summed E-state index contributed by atoms with van der Waals surface area (Å²) in [6.07, 6.45) is -1.37. The van der Waals surface area contributed by atoms with Crippen molar-refractivity contribution in [2.75, 3.05) is 14.2 Å². The first-order valence-corrected chi connectivity index (χ1v) is 5.37. The molecule has 19 heavy (non-hydrogen) atoms. The van der Waals surface area contributed by atoms with E-state index in [0.717, 1.165) is 6.07 Å². The van der Waals surface area contributed by atoms with Crippen LogP contribution < -0.4 is 4.74 Å². The Morgan fingerprint density at radius 1 is 1.32 bits per heavy atom. The number of rotatable bonds is 4. The molecule has 0 amide bonds. The highest BCUT2D eigenvalue weighted by Gasteiger charge is 2.34. The van der Waals surface area contributed by atoms with E-state index in [0.29, 0.717) is 5.56 Å². The summed E-state index contributed by atoms with van der Waals surface area (Å²) >= 11 is 0. The Balaban J connectivity index is 2.92. The van der Waals surface area contributed by atoms with Crippen molar-refractivity contribution >= 4 is 12.0 Å². The molecule has 104 valence electrons. The lowest BCUT2D eigenvalue weighted by atomic mass is 10.1. The van der Waals surface area contributed by atoms with Gasteiger partial charge in [0.25, 0.3) is 0 Å². The molecule has 0 unspecified atom stereocenters. The normalized spacial score (nSPS) is 11.6. The Labute approximate surface area is 108 Å². The molecule has 0 aliphatic carbocycles. The Morgan fingerprint density at radius 3 is 2.53 bits per heavy atom. The van der Waals surface area contributed by atoms with E-state index in [4.69, 9.17) is 4.74 Å². The minimum absolute atomic E-state index is 0.0554. The summed E-state index contributed by atoms with van der Waals surface area (Å²) in [5.74, 6) is -0.678. The van der Waals surface area contributed by atoms with Gasteiger partial charge in [-0.1, -0.05) is 18.2 Å². The van der Waals surface area contributed by atoms with Crippen LogP contribution in [0, 0.1) is 0 Å². The van der Waals surface area contributed by atoms with E-state index in [2.05, 4.69) is 4.74 Å². The fourth-order valence-corrected chi connectivity index (χ4v) is 1.42. The quantitative estimate of drug-likeness (QED) is 0.790. The summed E-state index contributed by atoms with van der Waals surface area (Å²) in [5.41, 5.74) is -0.325. The summed E-state index contributed by atoms with van der Waals surface area (Å²) in [6.45, 7) is 0. The molecule has 0 N–H and O–H groups in total. The van der Waals surface area contributed by atoms with Crippen LogP contribution in [0.25, 0.3) is 6.08 Å². The molecule has 0 atom stereocenters. The molecule has 1 aromatic rings. The number of carbonyl (C=O) groups excluding carboxylic acids is 1. The molecular formula is C13H13F3O3. The van der Waals surface area contributed by atoms with Gasteiger partial charge < -0.3 is 9.47 Å². The van der Waals surface area contributed by atoms with Crippen LogP contribution in [0.15, 0.2) is 24.3 Å². The lowest BCUT2D eigenvalue weighted by molar-refractivity contribution is -0.140. The number of hydrogen-bond donors (Lipinski definition) is 0. The smallest absolute Gasteiger partial charge is 0.419 e. The molecule has 0 aliphatic heterocycles. The van der Waals surface area contributed by atoms with Crippen molar-refractivity contribution in [3.8, 4) is 5.75 Å². The van der Waals surface area contributed by atoms with Crippen molar-refractivity contribution in [1.29, 1.82) is 0 Å². The summed E-state index contributed by atoms with van der Waals surface area (Å²) < 4.78 is 47.0. The molecule has 3 nitrogen and oxygen atoms in total. The number of esters is 1. The van der Waals surface area contributed by atoms with Crippen LogP contribution >= 0.6 is 0 Å². The molecule has 0 saturated heterocycles. The second-order valence-electron chi connectivity index (χ2n) is 3.64. The van der Waals surface area contributed by atoms with Gasteiger partial charge in [-0.2, -0.15) is 13.2 Å². The van der Waals surface area contributed by atoms with Gasteiger partial charge in [0.15, 0.2) is 0 Å². The molecule has 0 aliphatic rings. The molecule has 0 aromatic heterocycles. The molecular weight excluding hydrogens is 261 g/mol. The molecule has 0 spiro atoms. The van der Waals surface area contributed by atoms with Crippen molar-refractivity contribution in [3.05, 3.63) is 35.4 Å². The van der Waals surface area contributed by atoms with E-state index in [-0.39, 0.29) is 12.2 Å². The van der Waals surface area contributed by atoms with Crippen LogP contribution in [-0.2, 0) is 15.7 Å². The first-order valence-electron chi connectivity index (χ1n) is 5.37. The molecule has 0 heterocycles. The number of alkyl halides is 3. The van der Waals surface area contributed by atoms with Gasteiger partial charge in [-0.3, -0.25) is 4.79 Å². The third kappa shape index (κ3) is 4.31. The highest BCUT2D eigenvalue weighted by atomic mass is 19.4. The predicted octanol–water partition coefficient (Wildman–Crippen LogP) is 3.29. The van der Waals surface area contributed by atoms with Crippen molar-refractivity contribution < 1.29 is 27.4 Å². The molecule has 6 heteroatoms.